The fourth-order valence-corrected chi connectivity index (χ4v) is 2.75. The summed E-state index contributed by atoms with van der Waals surface area (Å²) < 4.78 is 0. The maximum absolute atomic E-state index is 12.2. The van der Waals surface area contributed by atoms with Gasteiger partial charge in [0.05, 0.1) is 5.02 Å². The molecule has 1 amide bonds. The summed E-state index contributed by atoms with van der Waals surface area (Å²) in [6.45, 7) is 0.534. The number of hydrogen-bond donors (Lipinski definition) is 2. The van der Waals surface area contributed by atoms with E-state index in [1.807, 2.05) is 48.5 Å². The summed E-state index contributed by atoms with van der Waals surface area (Å²) in [4.78, 5) is 15.3. The standard InChI is InChI=1S/C17H14Cl2N2O/c18-12-7-5-11(6-8-12)9-10-20-17(22)16-15(19)13-3-1-2-4-14(13)21-16/h1-8,21H,9-10H2,(H,20,22). The Morgan fingerprint density at radius 3 is 2.50 bits per heavy atom. The van der Waals surface area contributed by atoms with Gasteiger partial charge in [0.15, 0.2) is 0 Å². The van der Waals surface area contributed by atoms with E-state index >= 15 is 0 Å². The highest BCUT2D eigenvalue weighted by Gasteiger charge is 2.15. The average Bonchev–Trinajstić information content (AvgIpc) is 2.87. The largest absolute Gasteiger partial charge is 0.350 e. The van der Waals surface area contributed by atoms with E-state index in [1.165, 1.54) is 0 Å². The van der Waals surface area contributed by atoms with Crippen LogP contribution in [-0.2, 0) is 6.42 Å². The Labute approximate surface area is 138 Å². The molecule has 22 heavy (non-hydrogen) atoms. The van der Waals surface area contributed by atoms with Gasteiger partial charge in [-0.3, -0.25) is 4.79 Å². The molecule has 1 aromatic heterocycles. The van der Waals surface area contributed by atoms with Gasteiger partial charge in [0, 0.05) is 22.5 Å². The predicted octanol–water partition coefficient (Wildman–Crippen LogP) is 4.45. The fourth-order valence-electron chi connectivity index (χ4n) is 2.32. The summed E-state index contributed by atoms with van der Waals surface area (Å²) in [6.07, 6.45) is 0.737. The molecule has 0 atom stereocenters. The van der Waals surface area contributed by atoms with Gasteiger partial charge in [0.25, 0.3) is 5.91 Å². The molecule has 0 aliphatic rings. The summed E-state index contributed by atoms with van der Waals surface area (Å²) in [5.41, 5.74) is 2.38. The molecular formula is C17H14Cl2N2O. The second-order valence-corrected chi connectivity index (χ2v) is 5.81. The summed E-state index contributed by atoms with van der Waals surface area (Å²) in [5.74, 6) is -0.199. The Hall–Kier alpha value is -1.97. The van der Waals surface area contributed by atoms with Crippen molar-refractivity contribution in [2.45, 2.75) is 6.42 Å². The van der Waals surface area contributed by atoms with Gasteiger partial charge in [-0.1, -0.05) is 53.5 Å². The quantitative estimate of drug-likeness (QED) is 0.728. The van der Waals surface area contributed by atoms with Crippen molar-refractivity contribution in [3.05, 3.63) is 69.8 Å². The minimum Gasteiger partial charge on any atom is -0.350 e. The molecule has 0 aliphatic heterocycles. The van der Waals surface area contributed by atoms with Crippen molar-refractivity contribution in [1.82, 2.24) is 10.3 Å². The zero-order chi connectivity index (χ0) is 15.5. The second kappa shape index (κ2) is 6.42. The highest BCUT2D eigenvalue weighted by molar-refractivity contribution is 6.38. The Morgan fingerprint density at radius 2 is 1.77 bits per heavy atom. The first kappa shape index (κ1) is 14.9. The molecule has 5 heteroatoms. The van der Waals surface area contributed by atoms with Crippen LogP contribution in [-0.4, -0.2) is 17.4 Å². The molecule has 0 unspecified atom stereocenters. The Bertz CT molecular complexity index is 809. The molecule has 3 nitrogen and oxygen atoms in total. The lowest BCUT2D eigenvalue weighted by molar-refractivity contribution is 0.0950. The number of carbonyl (C=O) groups is 1. The molecule has 3 aromatic rings. The van der Waals surface area contributed by atoms with Crippen LogP contribution < -0.4 is 5.32 Å². The number of para-hydroxylation sites is 1. The van der Waals surface area contributed by atoms with Crippen molar-refractivity contribution in [2.75, 3.05) is 6.54 Å². The molecule has 0 fully saturated rings. The molecule has 0 spiro atoms. The van der Waals surface area contributed by atoms with E-state index in [-0.39, 0.29) is 5.91 Å². The highest BCUT2D eigenvalue weighted by Crippen LogP contribution is 2.26. The van der Waals surface area contributed by atoms with Gasteiger partial charge in [-0.15, -0.1) is 0 Å². The molecule has 0 bridgehead atoms. The molecule has 2 aromatic carbocycles. The van der Waals surface area contributed by atoms with E-state index < -0.39 is 0 Å². The second-order valence-electron chi connectivity index (χ2n) is 4.99. The van der Waals surface area contributed by atoms with Crippen LogP contribution in [0.1, 0.15) is 16.1 Å². The third-order valence-corrected chi connectivity index (χ3v) is 4.13. The smallest absolute Gasteiger partial charge is 0.269 e. The van der Waals surface area contributed by atoms with Crippen LogP contribution in [0.4, 0.5) is 0 Å². The molecule has 2 N–H and O–H groups in total. The van der Waals surface area contributed by atoms with Crippen LogP contribution in [0.25, 0.3) is 10.9 Å². The van der Waals surface area contributed by atoms with Gasteiger partial charge in [-0.25, -0.2) is 0 Å². The summed E-state index contributed by atoms with van der Waals surface area (Å²) in [6, 6.07) is 15.2. The maximum Gasteiger partial charge on any atom is 0.269 e. The zero-order valence-corrected chi connectivity index (χ0v) is 13.2. The number of H-pyrrole nitrogens is 1. The Morgan fingerprint density at radius 1 is 1.05 bits per heavy atom. The van der Waals surface area contributed by atoms with E-state index in [2.05, 4.69) is 10.3 Å². The van der Waals surface area contributed by atoms with Crippen molar-refractivity contribution >= 4 is 40.0 Å². The summed E-state index contributed by atoms with van der Waals surface area (Å²) >= 11 is 12.1. The van der Waals surface area contributed by atoms with E-state index in [0.29, 0.717) is 22.3 Å². The van der Waals surface area contributed by atoms with Crippen molar-refractivity contribution in [3.8, 4) is 0 Å². The zero-order valence-electron chi connectivity index (χ0n) is 11.7. The number of rotatable bonds is 4. The number of carbonyl (C=O) groups excluding carboxylic acids is 1. The molecule has 0 radical (unpaired) electrons. The molecule has 112 valence electrons. The number of amides is 1. The predicted molar refractivity (Wildman–Crippen MR) is 90.8 cm³/mol. The topological polar surface area (TPSA) is 44.9 Å². The van der Waals surface area contributed by atoms with Crippen LogP contribution in [0, 0.1) is 0 Å². The number of halogens is 2. The molecule has 0 saturated carbocycles. The fraction of sp³-hybridized carbons (Fsp3) is 0.118. The van der Waals surface area contributed by atoms with E-state index in [9.17, 15) is 4.79 Å². The Kier molecular flexibility index (Phi) is 4.36. The van der Waals surface area contributed by atoms with Crippen molar-refractivity contribution in [2.24, 2.45) is 0 Å². The van der Waals surface area contributed by atoms with Gasteiger partial charge < -0.3 is 10.3 Å². The van der Waals surface area contributed by atoms with E-state index in [0.717, 1.165) is 22.9 Å². The molecule has 1 heterocycles. The summed E-state index contributed by atoms with van der Waals surface area (Å²) in [7, 11) is 0. The average molecular weight is 333 g/mol. The van der Waals surface area contributed by atoms with E-state index in [1.54, 1.807) is 0 Å². The lowest BCUT2D eigenvalue weighted by Gasteiger charge is -2.05. The Balaban J connectivity index is 1.66. The molecule has 3 rings (SSSR count). The monoisotopic (exact) mass is 332 g/mol. The minimum atomic E-state index is -0.199. The van der Waals surface area contributed by atoms with Crippen LogP contribution in [0.15, 0.2) is 48.5 Å². The number of aromatic nitrogens is 1. The van der Waals surface area contributed by atoms with Gasteiger partial charge in [0.2, 0.25) is 0 Å². The molecular weight excluding hydrogens is 319 g/mol. The molecule has 0 aliphatic carbocycles. The van der Waals surface area contributed by atoms with Crippen molar-refractivity contribution in [1.29, 1.82) is 0 Å². The SMILES string of the molecule is O=C(NCCc1ccc(Cl)cc1)c1[nH]c2ccccc2c1Cl. The normalized spacial score (nSPS) is 10.8. The first-order chi connectivity index (χ1) is 10.6. The minimum absolute atomic E-state index is 0.199. The van der Waals surface area contributed by atoms with Crippen LogP contribution in [0.2, 0.25) is 10.0 Å². The number of nitrogens with one attached hydrogen (secondary N) is 2. The third kappa shape index (κ3) is 3.11. The first-order valence-corrected chi connectivity index (χ1v) is 7.69. The van der Waals surface area contributed by atoms with Crippen LogP contribution in [0.3, 0.4) is 0 Å². The van der Waals surface area contributed by atoms with Gasteiger partial charge >= 0.3 is 0 Å². The molecule has 0 saturated heterocycles. The van der Waals surface area contributed by atoms with Crippen molar-refractivity contribution < 1.29 is 4.79 Å². The summed E-state index contributed by atoms with van der Waals surface area (Å²) in [5, 5.41) is 4.89. The van der Waals surface area contributed by atoms with Crippen molar-refractivity contribution in [3.63, 3.8) is 0 Å². The first-order valence-electron chi connectivity index (χ1n) is 6.94. The van der Waals surface area contributed by atoms with Gasteiger partial charge in [-0.05, 0) is 30.2 Å². The van der Waals surface area contributed by atoms with Gasteiger partial charge in [-0.2, -0.15) is 0 Å². The highest BCUT2D eigenvalue weighted by atomic mass is 35.5. The number of hydrogen-bond acceptors (Lipinski definition) is 1. The lowest BCUT2D eigenvalue weighted by atomic mass is 10.1. The third-order valence-electron chi connectivity index (χ3n) is 3.48. The van der Waals surface area contributed by atoms with E-state index in [4.69, 9.17) is 23.2 Å². The lowest BCUT2D eigenvalue weighted by Crippen LogP contribution is -2.26. The van der Waals surface area contributed by atoms with Gasteiger partial charge in [0.1, 0.15) is 5.69 Å². The van der Waals surface area contributed by atoms with Crippen LogP contribution in [0.5, 0.6) is 0 Å². The number of aromatic amines is 1. The van der Waals surface area contributed by atoms with Crippen LogP contribution >= 0.6 is 23.2 Å². The number of benzene rings is 2. The number of fused-ring (bicyclic) bond motifs is 1. The maximum atomic E-state index is 12.2.